The second-order valence-corrected chi connectivity index (χ2v) is 11.5. The molecule has 7 heteroatoms. The molecule has 0 aromatic heterocycles. The quantitative estimate of drug-likeness (QED) is 0.659. The topological polar surface area (TPSA) is 51.2 Å². The van der Waals surface area contributed by atoms with Gasteiger partial charge in [0.2, 0.25) is 0 Å². The number of hydrogen-bond acceptors (Lipinski definition) is 5. The molecule has 0 aliphatic carbocycles. The molecule has 0 saturated carbocycles. The van der Waals surface area contributed by atoms with E-state index in [-0.39, 0.29) is 10.8 Å². The Morgan fingerprint density at radius 3 is 2.11 bits per heavy atom. The first-order valence-electron chi connectivity index (χ1n) is 7.15. The molecular formula is C12H22GeN2O4. The van der Waals surface area contributed by atoms with E-state index >= 15 is 0 Å². The van der Waals surface area contributed by atoms with Crippen LogP contribution in [-0.4, -0.2) is 80.9 Å². The van der Waals surface area contributed by atoms with Crippen molar-refractivity contribution in [2.75, 3.05) is 46.0 Å². The Labute approximate surface area is 117 Å². The molecule has 4 fully saturated rings. The molecule has 0 aromatic carbocycles. The molecule has 6 nitrogen and oxygen atoms in total. The predicted molar refractivity (Wildman–Crippen MR) is 70.5 cm³/mol. The Bertz CT molecular complexity index is 328. The van der Waals surface area contributed by atoms with E-state index in [9.17, 15) is 4.79 Å². The zero-order valence-corrected chi connectivity index (χ0v) is 13.6. The van der Waals surface area contributed by atoms with Gasteiger partial charge in [-0.1, -0.05) is 0 Å². The zero-order chi connectivity index (χ0) is 13.3. The Morgan fingerprint density at radius 2 is 1.63 bits per heavy atom. The van der Waals surface area contributed by atoms with Gasteiger partial charge < -0.3 is 0 Å². The van der Waals surface area contributed by atoms with Gasteiger partial charge in [0.25, 0.3) is 0 Å². The number of rotatable bonds is 2. The molecule has 4 aliphatic heterocycles. The van der Waals surface area contributed by atoms with Gasteiger partial charge in [-0.2, -0.15) is 0 Å². The average Bonchev–Trinajstić information content (AvgIpc) is 2.72. The summed E-state index contributed by atoms with van der Waals surface area (Å²) in [4.78, 5) is 16.2. The zero-order valence-electron chi connectivity index (χ0n) is 11.5. The molecule has 1 unspecified atom stereocenters. The van der Waals surface area contributed by atoms with Crippen LogP contribution in [0.3, 0.4) is 0 Å². The molecule has 19 heavy (non-hydrogen) atoms. The summed E-state index contributed by atoms with van der Waals surface area (Å²) in [5, 5.41) is 0. The molecule has 4 heterocycles. The molecule has 1 amide bonds. The van der Waals surface area contributed by atoms with E-state index in [2.05, 4.69) is 4.90 Å². The van der Waals surface area contributed by atoms with Crippen molar-refractivity contribution < 1.29 is 16.1 Å². The molecule has 108 valence electrons. The van der Waals surface area contributed by atoms with Crippen molar-refractivity contribution in [3.05, 3.63) is 0 Å². The summed E-state index contributed by atoms with van der Waals surface area (Å²) in [6.45, 7) is 7.67. The minimum absolute atomic E-state index is 0.0142. The molecule has 4 saturated heterocycles. The van der Waals surface area contributed by atoms with Gasteiger partial charge in [-0.25, -0.2) is 0 Å². The first-order chi connectivity index (χ1) is 9.21. The first-order valence-corrected chi connectivity index (χ1v) is 10.9. The van der Waals surface area contributed by atoms with Gasteiger partial charge in [0.1, 0.15) is 0 Å². The summed E-state index contributed by atoms with van der Waals surface area (Å²) in [6, 6.07) is 0. The maximum atomic E-state index is 11.9. The standard InChI is InChI=1S/C12H22GeN2O4/c1-11(15-4-2-3-12(15)16)13-17-8-5-14(6-9-18-13)7-10-19-13/h11H,2-10H2,1H3. The number of likely N-dealkylation sites (tertiary alicyclic amines) is 1. The third-order valence-corrected chi connectivity index (χ3v) is 10.8. The summed E-state index contributed by atoms with van der Waals surface area (Å²) in [6.07, 6.45) is 1.59. The van der Waals surface area contributed by atoms with Crippen LogP contribution in [0, 0.1) is 0 Å². The van der Waals surface area contributed by atoms with Gasteiger partial charge in [0.05, 0.1) is 0 Å². The monoisotopic (exact) mass is 332 g/mol. The van der Waals surface area contributed by atoms with Crippen LogP contribution in [0.4, 0.5) is 0 Å². The van der Waals surface area contributed by atoms with E-state index in [1.54, 1.807) is 0 Å². The predicted octanol–water partition coefficient (Wildman–Crippen LogP) is -0.146. The molecule has 0 radical (unpaired) electrons. The van der Waals surface area contributed by atoms with Crippen molar-refractivity contribution in [2.45, 2.75) is 24.6 Å². The summed E-state index contributed by atoms with van der Waals surface area (Å²) < 4.78 is 18.2. The summed E-state index contributed by atoms with van der Waals surface area (Å²) in [5.74, 6) is 0.217. The van der Waals surface area contributed by atoms with Crippen molar-refractivity contribution in [3.63, 3.8) is 0 Å². The number of nitrogens with zero attached hydrogens (tertiary/aromatic N) is 2. The minimum atomic E-state index is -3.35. The number of carbonyl (C=O) groups excluding carboxylic acids is 1. The van der Waals surface area contributed by atoms with Crippen LogP contribution >= 0.6 is 0 Å². The van der Waals surface area contributed by atoms with Crippen LogP contribution in [0.25, 0.3) is 0 Å². The van der Waals surface area contributed by atoms with Gasteiger partial charge in [-0.3, -0.25) is 0 Å². The van der Waals surface area contributed by atoms with E-state index < -0.39 is 14.3 Å². The van der Waals surface area contributed by atoms with Crippen LogP contribution < -0.4 is 0 Å². The Balaban J connectivity index is 1.79. The van der Waals surface area contributed by atoms with Crippen molar-refractivity contribution in [3.8, 4) is 0 Å². The van der Waals surface area contributed by atoms with Gasteiger partial charge in [-0.05, 0) is 0 Å². The fourth-order valence-corrected chi connectivity index (χ4v) is 8.82. The molecule has 0 aromatic rings. The number of carbonyl (C=O) groups is 1. The normalized spacial score (nSPS) is 37.8. The number of hydrogen-bond donors (Lipinski definition) is 0. The van der Waals surface area contributed by atoms with Crippen LogP contribution in [0.1, 0.15) is 19.8 Å². The Kier molecular flexibility index (Phi) is 4.14. The van der Waals surface area contributed by atoms with Crippen LogP contribution in [0.2, 0.25) is 0 Å². The molecular weight excluding hydrogens is 309 g/mol. The Hall–Kier alpha value is -0.147. The van der Waals surface area contributed by atoms with Crippen molar-refractivity contribution in [2.24, 2.45) is 0 Å². The summed E-state index contributed by atoms with van der Waals surface area (Å²) in [5.41, 5.74) is 0. The SMILES string of the molecule is C[CH](N1CCCC1=O)[Ge]12[O]CCN(CC[O]1)CC[O]2. The second-order valence-electron chi connectivity index (χ2n) is 5.36. The van der Waals surface area contributed by atoms with Gasteiger partial charge >= 0.3 is 117 Å². The van der Waals surface area contributed by atoms with Gasteiger partial charge in [-0.15, -0.1) is 0 Å². The first kappa shape index (κ1) is 13.8. The van der Waals surface area contributed by atoms with E-state index in [0.717, 1.165) is 32.6 Å². The van der Waals surface area contributed by atoms with Crippen LogP contribution in [-0.2, 0) is 16.1 Å². The number of amides is 1. The van der Waals surface area contributed by atoms with Crippen molar-refractivity contribution in [1.29, 1.82) is 0 Å². The van der Waals surface area contributed by atoms with Gasteiger partial charge in [0, 0.05) is 0 Å². The number of fused-ring (bicyclic) bond motifs is 6. The van der Waals surface area contributed by atoms with E-state index in [1.165, 1.54) is 0 Å². The van der Waals surface area contributed by atoms with Crippen LogP contribution in [0.5, 0.6) is 0 Å². The summed E-state index contributed by atoms with van der Waals surface area (Å²) in [7, 11) is 0. The van der Waals surface area contributed by atoms with E-state index in [0.29, 0.717) is 26.2 Å². The van der Waals surface area contributed by atoms with Crippen molar-refractivity contribution >= 4 is 20.2 Å². The molecule has 4 aliphatic rings. The molecule has 1 atom stereocenters. The third-order valence-electron chi connectivity index (χ3n) is 4.22. The van der Waals surface area contributed by atoms with E-state index in [1.807, 2.05) is 11.8 Å². The summed E-state index contributed by atoms with van der Waals surface area (Å²) >= 11 is -3.35. The fraction of sp³-hybridized carbons (Fsp3) is 0.917. The molecule has 0 N–H and O–H groups in total. The maximum absolute atomic E-state index is 11.9. The third kappa shape index (κ3) is 2.69. The fourth-order valence-electron chi connectivity index (χ4n) is 3.04. The van der Waals surface area contributed by atoms with Crippen LogP contribution in [0.15, 0.2) is 0 Å². The Morgan fingerprint density at radius 1 is 1.05 bits per heavy atom. The molecule has 2 bridgehead atoms. The van der Waals surface area contributed by atoms with Crippen molar-refractivity contribution in [1.82, 2.24) is 9.80 Å². The molecule has 0 spiro atoms. The second kappa shape index (κ2) is 5.69. The van der Waals surface area contributed by atoms with E-state index in [4.69, 9.17) is 11.3 Å². The molecule has 4 rings (SSSR count). The average molecular weight is 331 g/mol. The van der Waals surface area contributed by atoms with Gasteiger partial charge in [0.15, 0.2) is 0 Å².